The van der Waals surface area contributed by atoms with Crippen molar-refractivity contribution in [1.82, 2.24) is 15.1 Å². The molecule has 1 aromatic heterocycles. The van der Waals surface area contributed by atoms with Gasteiger partial charge in [-0.05, 0) is 37.2 Å². The summed E-state index contributed by atoms with van der Waals surface area (Å²) in [7, 11) is 0. The molecule has 0 aliphatic rings. The van der Waals surface area contributed by atoms with Gasteiger partial charge in [0.2, 0.25) is 5.13 Å². The van der Waals surface area contributed by atoms with Gasteiger partial charge < -0.3 is 0 Å². The molecular formula is C19H28N4OS. The number of hydrogen-bond donors (Lipinski definition) is 1. The first kappa shape index (κ1) is 19.5. The van der Waals surface area contributed by atoms with Crippen molar-refractivity contribution in [1.29, 1.82) is 0 Å². The Hall–Kier alpha value is -1.79. The second-order valence-electron chi connectivity index (χ2n) is 6.07. The van der Waals surface area contributed by atoms with Crippen LogP contribution in [0, 0.1) is 0 Å². The normalized spacial score (nSPS) is 11.0. The van der Waals surface area contributed by atoms with Crippen molar-refractivity contribution in [3.8, 4) is 0 Å². The summed E-state index contributed by atoms with van der Waals surface area (Å²) in [5, 5.41) is 12.6. The Morgan fingerprint density at radius 1 is 1.08 bits per heavy atom. The van der Waals surface area contributed by atoms with Gasteiger partial charge in [0, 0.05) is 18.5 Å². The molecule has 1 N–H and O–H groups in total. The first-order valence-corrected chi connectivity index (χ1v) is 9.92. The molecule has 0 atom stereocenters. The molecule has 0 spiro atoms. The lowest BCUT2D eigenvalue weighted by Crippen LogP contribution is -2.22. The SMILES string of the molecule is CCCCCc1nnc(NC(=O)c2ccc(CN(CC)CC)cc2)s1. The second kappa shape index (κ2) is 10.3. The van der Waals surface area contributed by atoms with E-state index in [4.69, 9.17) is 0 Å². The summed E-state index contributed by atoms with van der Waals surface area (Å²) in [6.07, 6.45) is 4.43. The summed E-state index contributed by atoms with van der Waals surface area (Å²) >= 11 is 1.46. The van der Waals surface area contributed by atoms with Gasteiger partial charge in [0.15, 0.2) is 0 Å². The van der Waals surface area contributed by atoms with E-state index in [1.165, 1.54) is 29.7 Å². The quantitative estimate of drug-likeness (QED) is 0.639. The fourth-order valence-electron chi connectivity index (χ4n) is 2.57. The van der Waals surface area contributed by atoms with Gasteiger partial charge in [0.25, 0.3) is 5.91 Å². The number of aryl methyl sites for hydroxylation is 1. The third-order valence-electron chi connectivity index (χ3n) is 4.20. The Bertz CT molecular complexity index is 650. The van der Waals surface area contributed by atoms with Crippen LogP contribution in [0.4, 0.5) is 5.13 Å². The predicted octanol–water partition coefficient (Wildman–Crippen LogP) is 4.36. The molecule has 2 rings (SSSR count). The minimum absolute atomic E-state index is 0.134. The highest BCUT2D eigenvalue weighted by Crippen LogP contribution is 2.18. The molecule has 0 radical (unpaired) electrons. The van der Waals surface area contributed by atoms with Crippen LogP contribution < -0.4 is 5.32 Å². The zero-order valence-electron chi connectivity index (χ0n) is 15.4. The monoisotopic (exact) mass is 360 g/mol. The highest BCUT2D eigenvalue weighted by atomic mass is 32.1. The fourth-order valence-corrected chi connectivity index (χ4v) is 3.34. The van der Waals surface area contributed by atoms with Gasteiger partial charge >= 0.3 is 0 Å². The number of hydrogen-bond acceptors (Lipinski definition) is 5. The van der Waals surface area contributed by atoms with E-state index in [9.17, 15) is 4.79 Å². The van der Waals surface area contributed by atoms with Crippen molar-refractivity contribution in [3.05, 3.63) is 40.4 Å². The van der Waals surface area contributed by atoms with E-state index in [-0.39, 0.29) is 5.91 Å². The summed E-state index contributed by atoms with van der Waals surface area (Å²) in [6, 6.07) is 7.78. The maximum absolute atomic E-state index is 12.3. The van der Waals surface area contributed by atoms with Gasteiger partial charge in [-0.2, -0.15) is 0 Å². The lowest BCUT2D eigenvalue weighted by atomic mass is 10.1. The van der Waals surface area contributed by atoms with E-state index in [1.807, 2.05) is 24.3 Å². The van der Waals surface area contributed by atoms with Crippen LogP contribution >= 0.6 is 11.3 Å². The van der Waals surface area contributed by atoms with E-state index in [0.717, 1.165) is 37.5 Å². The van der Waals surface area contributed by atoms with Crippen LogP contribution in [0.15, 0.2) is 24.3 Å². The molecule has 0 saturated carbocycles. The predicted molar refractivity (Wildman–Crippen MR) is 104 cm³/mol. The smallest absolute Gasteiger partial charge is 0.257 e. The molecule has 0 saturated heterocycles. The van der Waals surface area contributed by atoms with Crippen LogP contribution in [0.1, 0.15) is 61.0 Å². The Labute approximate surface area is 154 Å². The fraction of sp³-hybridized carbons (Fsp3) is 0.526. The molecule has 0 aliphatic carbocycles. The molecule has 1 heterocycles. The first-order chi connectivity index (χ1) is 12.2. The molecule has 1 aromatic carbocycles. The van der Waals surface area contributed by atoms with E-state index in [1.54, 1.807) is 0 Å². The topological polar surface area (TPSA) is 58.1 Å². The number of carbonyl (C=O) groups is 1. The Morgan fingerprint density at radius 3 is 2.44 bits per heavy atom. The van der Waals surface area contributed by atoms with E-state index in [0.29, 0.717) is 10.7 Å². The number of nitrogens with zero attached hydrogens (tertiary/aromatic N) is 3. The van der Waals surface area contributed by atoms with Gasteiger partial charge in [-0.25, -0.2) is 0 Å². The van der Waals surface area contributed by atoms with Crippen LogP contribution in [-0.4, -0.2) is 34.1 Å². The summed E-state index contributed by atoms with van der Waals surface area (Å²) in [5.74, 6) is -0.134. The zero-order valence-corrected chi connectivity index (χ0v) is 16.2. The highest BCUT2D eigenvalue weighted by molar-refractivity contribution is 7.15. The Morgan fingerprint density at radius 2 is 1.80 bits per heavy atom. The number of rotatable bonds is 10. The Balaban J connectivity index is 1.90. The lowest BCUT2D eigenvalue weighted by Gasteiger charge is -2.17. The van der Waals surface area contributed by atoms with Gasteiger partial charge in [-0.3, -0.25) is 15.0 Å². The third kappa shape index (κ3) is 6.21. The summed E-state index contributed by atoms with van der Waals surface area (Å²) in [6.45, 7) is 9.45. The number of anilines is 1. The molecule has 5 nitrogen and oxygen atoms in total. The average Bonchev–Trinajstić information content (AvgIpc) is 3.07. The van der Waals surface area contributed by atoms with Crippen LogP contribution in [-0.2, 0) is 13.0 Å². The summed E-state index contributed by atoms with van der Waals surface area (Å²) < 4.78 is 0. The number of benzene rings is 1. The lowest BCUT2D eigenvalue weighted by molar-refractivity contribution is 0.102. The summed E-state index contributed by atoms with van der Waals surface area (Å²) in [4.78, 5) is 14.7. The minimum atomic E-state index is -0.134. The molecule has 25 heavy (non-hydrogen) atoms. The maximum atomic E-state index is 12.3. The highest BCUT2D eigenvalue weighted by Gasteiger charge is 2.10. The van der Waals surface area contributed by atoms with Crippen molar-refractivity contribution in [2.75, 3.05) is 18.4 Å². The molecule has 1 amide bonds. The standard InChI is InChI=1S/C19H28N4OS/c1-4-7-8-9-17-21-22-19(25-17)20-18(24)16-12-10-15(11-13-16)14-23(5-2)6-3/h10-13H,4-9,14H2,1-3H3,(H,20,22,24). The van der Waals surface area contributed by atoms with Crippen LogP contribution in [0.25, 0.3) is 0 Å². The van der Waals surface area contributed by atoms with Crippen molar-refractivity contribution >= 4 is 22.4 Å². The molecule has 0 bridgehead atoms. The first-order valence-electron chi connectivity index (χ1n) is 9.11. The maximum Gasteiger partial charge on any atom is 0.257 e. The van der Waals surface area contributed by atoms with E-state index in [2.05, 4.69) is 41.2 Å². The summed E-state index contributed by atoms with van der Waals surface area (Å²) in [5.41, 5.74) is 1.86. The molecule has 0 fully saturated rings. The zero-order chi connectivity index (χ0) is 18.1. The molecule has 0 aliphatic heterocycles. The van der Waals surface area contributed by atoms with Crippen molar-refractivity contribution < 1.29 is 4.79 Å². The largest absolute Gasteiger partial charge is 0.300 e. The van der Waals surface area contributed by atoms with E-state index >= 15 is 0 Å². The van der Waals surface area contributed by atoms with Gasteiger partial charge in [0.05, 0.1) is 0 Å². The van der Waals surface area contributed by atoms with Crippen LogP contribution in [0.5, 0.6) is 0 Å². The Kier molecular flexibility index (Phi) is 8.01. The molecule has 2 aromatic rings. The second-order valence-corrected chi connectivity index (χ2v) is 7.13. The molecular weight excluding hydrogens is 332 g/mol. The van der Waals surface area contributed by atoms with E-state index < -0.39 is 0 Å². The number of nitrogens with one attached hydrogen (secondary N) is 1. The van der Waals surface area contributed by atoms with Gasteiger partial charge in [-0.15, -0.1) is 10.2 Å². The van der Waals surface area contributed by atoms with Gasteiger partial charge in [-0.1, -0.05) is 57.1 Å². The third-order valence-corrected chi connectivity index (χ3v) is 5.10. The van der Waals surface area contributed by atoms with Crippen molar-refractivity contribution in [2.24, 2.45) is 0 Å². The number of carbonyl (C=O) groups excluding carboxylic acids is 1. The van der Waals surface area contributed by atoms with Crippen molar-refractivity contribution in [2.45, 2.75) is 53.0 Å². The van der Waals surface area contributed by atoms with Crippen molar-refractivity contribution in [3.63, 3.8) is 0 Å². The molecule has 6 heteroatoms. The average molecular weight is 361 g/mol. The number of unbranched alkanes of at least 4 members (excludes halogenated alkanes) is 2. The number of aromatic nitrogens is 2. The molecule has 136 valence electrons. The molecule has 0 unspecified atom stereocenters. The van der Waals surface area contributed by atoms with Crippen LogP contribution in [0.2, 0.25) is 0 Å². The van der Waals surface area contributed by atoms with Gasteiger partial charge in [0.1, 0.15) is 5.01 Å². The number of amides is 1. The van der Waals surface area contributed by atoms with Crippen LogP contribution in [0.3, 0.4) is 0 Å². The minimum Gasteiger partial charge on any atom is -0.300 e.